The first-order valence-corrected chi connectivity index (χ1v) is 8.97. The molecule has 0 saturated heterocycles. The minimum Gasteiger partial charge on any atom is -0.465 e. The van der Waals surface area contributed by atoms with E-state index in [-0.39, 0.29) is 0 Å². The van der Waals surface area contributed by atoms with Crippen molar-refractivity contribution < 1.29 is 12.8 Å². The van der Waals surface area contributed by atoms with E-state index in [1.165, 1.54) is 0 Å². The van der Waals surface area contributed by atoms with E-state index >= 15 is 0 Å². The summed E-state index contributed by atoms with van der Waals surface area (Å²) in [5, 5.41) is 3.02. The first kappa shape index (κ1) is 18.2. The van der Waals surface area contributed by atoms with Crippen molar-refractivity contribution in [1.29, 1.82) is 0 Å². The molecule has 21 heavy (non-hydrogen) atoms. The van der Waals surface area contributed by atoms with Crippen molar-refractivity contribution in [3.8, 4) is 0 Å². The van der Waals surface area contributed by atoms with Crippen LogP contribution in [0.3, 0.4) is 0 Å². The molecular formula is C15H28N2O3S. The van der Waals surface area contributed by atoms with Crippen molar-refractivity contribution in [1.82, 2.24) is 9.62 Å². The maximum absolute atomic E-state index is 13.0. The quantitative estimate of drug-likeness (QED) is 0.801. The summed E-state index contributed by atoms with van der Waals surface area (Å²) < 4.78 is 33.1. The molecule has 0 bridgehead atoms. The van der Waals surface area contributed by atoms with Crippen LogP contribution in [0.1, 0.15) is 44.3 Å². The predicted octanol–water partition coefficient (Wildman–Crippen LogP) is 2.67. The van der Waals surface area contributed by atoms with Crippen LogP contribution in [0, 0.1) is 19.8 Å². The molecule has 1 aromatic heterocycles. The standard InChI is InChI=1S/C15H28N2O3S/c1-7-11(3)10-17(8-2)21(18,19)15-13(5)20-12(4)14(15)9-16-6/h11,16H,7-10H2,1-6H3. The Morgan fingerprint density at radius 2 is 1.86 bits per heavy atom. The molecule has 0 aliphatic heterocycles. The molecule has 0 spiro atoms. The Morgan fingerprint density at radius 1 is 1.24 bits per heavy atom. The third kappa shape index (κ3) is 3.87. The summed E-state index contributed by atoms with van der Waals surface area (Å²) in [6, 6.07) is 0. The van der Waals surface area contributed by atoms with Crippen molar-refractivity contribution >= 4 is 10.0 Å². The molecule has 1 atom stereocenters. The molecule has 0 aliphatic rings. The smallest absolute Gasteiger partial charge is 0.246 e. The van der Waals surface area contributed by atoms with Crippen LogP contribution in [0.2, 0.25) is 0 Å². The van der Waals surface area contributed by atoms with E-state index in [1.54, 1.807) is 18.3 Å². The van der Waals surface area contributed by atoms with Crippen molar-refractivity contribution in [2.45, 2.75) is 52.5 Å². The van der Waals surface area contributed by atoms with E-state index in [0.717, 1.165) is 12.0 Å². The molecule has 6 heteroatoms. The molecule has 0 aliphatic carbocycles. The Hall–Kier alpha value is -0.850. The Balaban J connectivity index is 3.28. The number of hydrogen-bond donors (Lipinski definition) is 1. The van der Waals surface area contributed by atoms with E-state index in [9.17, 15) is 8.42 Å². The molecule has 0 fully saturated rings. The number of nitrogens with one attached hydrogen (secondary N) is 1. The van der Waals surface area contributed by atoms with E-state index in [2.05, 4.69) is 19.2 Å². The summed E-state index contributed by atoms with van der Waals surface area (Å²) in [5.41, 5.74) is 0.734. The topological polar surface area (TPSA) is 62.6 Å². The average molecular weight is 316 g/mol. The van der Waals surface area contributed by atoms with Crippen LogP contribution in [0.25, 0.3) is 0 Å². The first-order chi connectivity index (χ1) is 9.79. The molecule has 1 aromatic rings. The zero-order valence-electron chi connectivity index (χ0n) is 14.0. The normalized spacial score (nSPS) is 13.9. The Morgan fingerprint density at radius 3 is 2.33 bits per heavy atom. The maximum atomic E-state index is 13.0. The highest BCUT2D eigenvalue weighted by Crippen LogP contribution is 2.29. The van der Waals surface area contributed by atoms with Crippen LogP contribution in [-0.4, -0.2) is 32.9 Å². The molecule has 122 valence electrons. The van der Waals surface area contributed by atoms with Gasteiger partial charge in [-0.1, -0.05) is 27.2 Å². The van der Waals surface area contributed by atoms with Crippen LogP contribution < -0.4 is 5.32 Å². The lowest BCUT2D eigenvalue weighted by Gasteiger charge is -2.23. The van der Waals surface area contributed by atoms with Gasteiger partial charge in [-0.05, 0) is 26.8 Å². The Kier molecular flexibility index (Phi) is 6.43. The third-order valence-electron chi connectivity index (χ3n) is 3.84. The van der Waals surface area contributed by atoms with E-state index in [0.29, 0.717) is 42.0 Å². The van der Waals surface area contributed by atoms with Gasteiger partial charge in [0.15, 0.2) is 0 Å². The lowest BCUT2D eigenvalue weighted by molar-refractivity contribution is 0.360. The summed E-state index contributed by atoms with van der Waals surface area (Å²) in [7, 11) is -1.72. The predicted molar refractivity (Wildman–Crippen MR) is 84.8 cm³/mol. The second-order valence-corrected chi connectivity index (χ2v) is 7.40. The fourth-order valence-corrected chi connectivity index (χ4v) is 4.41. The van der Waals surface area contributed by atoms with Gasteiger partial charge in [0.25, 0.3) is 0 Å². The summed E-state index contributed by atoms with van der Waals surface area (Å²) in [6.45, 7) is 11.0. The summed E-state index contributed by atoms with van der Waals surface area (Å²) in [4.78, 5) is 0.333. The molecule has 0 radical (unpaired) electrons. The second-order valence-electron chi connectivity index (χ2n) is 5.52. The average Bonchev–Trinajstić information content (AvgIpc) is 2.70. The number of furan rings is 1. The van der Waals surface area contributed by atoms with Crippen LogP contribution in [0.15, 0.2) is 9.31 Å². The summed E-state index contributed by atoms with van der Waals surface area (Å²) >= 11 is 0. The van der Waals surface area contributed by atoms with Gasteiger partial charge >= 0.3 is 0 Å². The number of rotatable bonds is 8. The van der Waals surface area contributed by atoms with Crippen LogP contribution in [-0.2, 0) is 16.6 Å². The number of hydrogen-bond acceptors (Lipinski definition) is 4. The molecule has 1 unspecified atom stereocenters. The van der Waals surface area contributed by atoms with E-state index < -0.39 is 10.0 Å². The first-order valence-electron chi connectivity index (χ1n) is 7.53. The second kappa shape index (κ2) is 7.42. The van der Waals surface area contributed by atoms with Gasteiger partial charge in [0.05, 0.1) is 0 Å². The Bertz CT molecular complexity index is 564. The third-order valence-corrected chi connectivity index (χ3v) is 5.98. The lowest BCUT2D eigenvalue weighted by atomic mass is 10.1. The zero-order chi connectivity index (χ0) is 16.2. The molecule has 0 amide bonds. The Labute approximate surface area is 128 Å². The van der Waals surface area contributed by atoms with Crippen molar-refractivity contribution in [2.75, 3.05) is 20.1 Å². The summed E-state index contributed by atoms with van der Waals surface area (Å²) in [6.07, 6.45) is 0.957. The lowest BCUT2D eigenvalue weighted by Crippen LogP contribution is -2.35. The highest BCUT2D eigenvalue weighted by atomic mass is 32.2. The van der Waals surface area contributed by atoms with Gasteiger partial charge in [-0.15, -0.1) is 0 Å². The highest BCUT2D eigenvalue weighted by Gasteiger charge is 2.31. The summed E-state index contributed by atoms with van der Waals surface area (Å²) in [5.74, 6) is 1.47. The van der Waals surface area contributed by atoms with Crippen molar-refractivity contribution in [3.63, 3.8) is 0 Å². The van der Waals surface area contributed by atoms with Gasteiger partial charge in [-0.2, -0.15) is 4.31 Å². The fourth-order valence-electron chi connectivity index (χ4n) is 2.43. The minimum atomic E-state index is -3.52. The molecule has 0 saturated carbocycles. The molecule has 1 N–H and O–H groups in total. The van der Waals surface area contributed by atoms with Crippen LogP contribution in [0.5, 0.6) is 0 Å². The minimum absolute atomic E-state index is 0.333. The van der Waals surface area contributed by atoms with E-state index in [4.69, 9.17) is 4.42 Å². The highest BCUT2D eigenvalue weighted by molar-refractivity contribution is 7.89. The van der Waals surface area contributed by atoms with Gasteiger partial charge in [0, 0.05) is 25.2 Å². The molecule has 1 rings (SSSR count). The number of sulfonamides is 1. The van der Waals surface area contributed by atoms with Crippen molar-refractivity contribution in [3.05, 3.63) is 17.1 Å². The molecule has 0 aromatic carbocycles. The maximum Gasteiger partial charge on any atom is 0.246 e. The van der Waals surface area contributed by atoms with Gasteiger partial charge in [-0.25, -0.2) is 8.42 Å². The molecular weight excluding hydrogens is 288 g/mol. The number of aryl methyl sites for hydroxylation is 2. The van der Waals surface area contributed by atoms with Gasteiger partial charge in [-0.3, -0.25) is 0 Å². The number of nitrogens with zero attached hydrogens (tertiary/aromatic N) is 1. The SMILES string of the molecule is CCC(C)CN(CC)S(=O)(=O)c1c(C)oc(C)c1CNC. The van der Waals surface area contributed by atoms with E-state index in [1.807, 2.05) is 13.8 Å². The monoisotopic (exact) mass is 316 g/mol. The molecule has 5 nitrogen and oxygen atoms in total. The largest absolute Gasteiger partial charge is 0.465 e. The van der Waals surface area contributed by atoms with Crippen LogP contribution >= 0.6 is 0 Å². The van der Waals surface area contributed by atoms with Crippen molar-refractivity contribution in [2.24, 2.45) is 5.92 Å². The fraction of sp³-hybridized carbons (Fsp3) is 0.733. The van der Waals surface area contributed by atoms with Gasteiger partial charge < -0.3 is 9.73 Å². The van der Waals surface area contributed by atoms with Crippen LogP contribution in [0.4, 0.5) is 0 Å². The zero-order valence-corrected chi connectivity index (χ0v) is 14.8. The van der Waals surface area contributed by atoms with Gasteiger partial charge in [0.1, 0.15) is 16.4 Å². The van der Waals surface area contributed by atoms with Gasteiger partial charge in [0.2, 0.25) is 10.0 Å². The molecule has 1 heterocycles.